The van der Waals surface area contributed by atoms with E-state index in [4.69, 9.17) is 4.74 Å². The highest BCUT2D eigenvalue weighted by atomic mass is 16.5. The molecule has 1 N–H and O–H groups in total. The molecule has 3 rings (SSSR count). The minimum atomic E-state index is -0.176. The first-order valence-electron chi connectivity index (χ1n) is 10.1. The van der Waals surface area contributed by atoms with Crippen molar-refractivity contribution < 1.29 is 9.53 Å². The molecule has 0 aliphatic heterocycles. The highest BCUT2D eigenvalue weighted by Crippen LogP contribution is 2.24. The summed E-state index contributed by atoms with van der Waals surface area (Å²) in [6, 6.07) is 23.4. The molecule has 3 aromatic rings. The van der Waals surface area contributed by atoms with E-state index in [1.807, 2.05) is 76.5 Å². The molecule has 0 heterocycles. The molecule has 0 atom stereocenters. The lowest BCUT2D eigenvalue weighted by atomic mass is 10.1. The average molecular weight is 404 g/mol. The van der Waals surface area contributed by atoms with E-state index in [-0.39, 0.29) is 6.03 Å². The molecule has 156 valence electrons. The number of para-hydroxylation sites is 1. The summed E-state index contributed by atoms with van der Waals surface area (Å²) in [7, 11) is 4.02. The van der Waals surface area contributed by atoms with Gasteiger partial charge in [0.25, 0.3) is 0 Å². The molecule has 2 amide bonds. The van der Waals surface area contributed by atoms with E-state index in [9.17, 15) is 4.79 Å². The van der Waals surface area contributed by atoms with Crippen LogP contribution in [0.4, 0.5) is 21.9 Å². The van der Waals surface area contributed by atoms with Crippen LogP contribution in [-0.2, 0) is 6.54 Å². The summed E-state index contributed by atoms with van der Waals surface area (Å²) in [6.07, 6.45) is 0. The van der Waals surface area contributed by atoms with E-state index in [0.29, 0.717) is 13.2 Å². The van der Waals surface area contributed by atoms with Gasteiger partial charge in [0.05, 0.1) is 13.2 Å². The van der Waals surface area contributed by atoms with E-state index < -0.39 is 0 Å². The Morgan fingerprint density at radius 3 is 2.13 bits per heavy atom. The molecule has 0 saturated carbocycles. The number of aryl methyl sites for hydroxylation is 1. The number of ether oxygens (including phenoxy) is 1. The Balaban J connectivity index is 1.87. The van der Waals surface area contributed by atoms with Crippen molar-refractivity contribution in [3.05, 3.63) is 83.9 Å². The standard InChI is InChI=1S/C25H29N3O2/c1-5-30-23-16-14-22(15-17-23)28(18-20-10-12-21(13-11-20)27(3)4)25(29)26-24-9-7-6-8-19(24)2/h6-17H,5,18H2,1-4H3,(H,26,29). The summed E-state index contributed by atoms with van der Waals surface area (Å²) in [5, 5.41) is 3.05. The second-order valence-corrected chi connectivity index (χ2v) is 7.32. The Bertz CT molecular complexity index is 966. The van der Waals surface area contributed by atoms with Crippen LogP contribution in [0.2, 0.25) is 0 Å². The molecule has 0 aliphatic carbocycles. The van der Waals surface area contributed by atoms with Crippen LogP contribution >= 0.6 is 0 Å². The fraction of sp³-hybridized carbons (Fsp3) is 0.240. The van der Waals surface area contributed by atoms with Crippen molar-refractivity contribution in [3.8, 4) is 5.75 Å². The van der Waals surface area contributed by atoms with E-state index in [1.54, 1.807) is 4.90 Å². The van der Waals surface area contributed by atoms with Gasteiger partial charge < -0.3 is 15.0 Å². The van der Waals surface area contributed by atoms with Crippen LogP contribution in [0.5, 0.6) is 5.75 Å². The van der Waals surface area contributed by atoms with E-state index >= 15 is 0 Å². The number of carbonyl (C=O) groups is 1. The lowest BCUT2D eigenvalue weighted by Crippen LogP contribution is -2.34. The highest BCUT2D eigenvalue weighted by molar-refractivity contribution is 6.02. The molecule has 0 fully saturated rings. The van der Waals surface area contributed by atoms with Gasteiger partial charge in [-0.25, -0.2) is 4.79 Å². The molecule has 3 aromatic carbocycles. The molecular formula is C25H29N3O2. The van der Waals surface area contributed by atoms with E-state index in [0.717, 1.165) is 33.9 Å². The molecular weight excluding hydrogens is 374 g/mol. The third kappa shape index (κ3) is 5.32. The molecule has 5 heteroatoms. The van der Waals surface area contributed by atoms with Gasteiger partial charge in [0.1, 0.15) is 5.75 Å². The predicted octanol–water partition coefficient (Wildman–Crippen LogP) is 5.70. The number of hydrogen-bond donors (Lipinski definition) is 1. The average Bonchev–Trinajstić information content (AvgIpc) is 2.75. The van der Waals surface area contributed by atoms with Gasteiger partial charge in [-0.1, -0.05) is 30.3 Å². The van der Waals surface area contributed by atoms with Crippen molar-refractivity contribution in [3.63, 3.8) is 0 Å². The third-order valence-electron chi connectivity index (χ3n) is 4.88. The van der Waals surface area contributed by atoms with E-state index in [1.165, 1.54) is 0 Å². The molecule has 0 aromatic heterocycles. The van der Waals surface area contributed by atoms with Crippen molar-refractivity contribution in [2.45, 2.75) is 20.4 Å². The van der Waals surface area contributed by atoms with Gasteiger partial charge in [-0.3, -0.25) is 4.90 Å². The summed E-state index contributed by atoms with van der Waals surface area (Å²) in [5.74, 6) is 0.788. The maximum atomic E-state index is 13.2. The number of nitrogens with zero attached hydrogens (tertiary/aromatic N) is 2. The Morgan fingerprint density at radius 2 is 1.53 bits per heavy atom. The van der Waals surface area contributed by atoms with Crippen molar-refractivity contribution in [2.75, 3.05) is 35.8 Å². The lowest BCUT2D eigenvalue weighted by molar-refractivity contribution is 0.256. The number of urea groups is 1. The zero-order chi connectivity index (χ0) is 21.5. The summed E-state index contributed by atoms with van der Waals surface area (Å²) in [6.45, 7) is 5.00. The Labute approximate surface area is 178 Å². The largest absolute Gasteiger partial charge is 0.494 e. The molecule has 0 radical (unpaired) electrons. The van der Waals surface area contributed by atoms with Crippen molar-refractivity contribution in [1.29, 1.82) is 0 Å². The van der Waals surface area contributed by atoms with Crippen molar-refractivity contribution in [1.82, 2.24) is 0 Å². The molecule has 0 bridgehead atoms. The zero-order valence-corrected chi connectivity index (χ0v) is 18.1. The number of carbonyl (C=O) groups excluding carboxylic acids is 1. The number of anilines is 3. The van der Waals surface area contributed by atoms with Gasteiger partial charge >= 0.3 is 6.03 Å². The zero-order valence-electron chi connectivity index (χ0n) is 18.1. The van der Waals surface area contributed by atoms with Crippen LogP contribution in [-0.4, -0.2) is 26.7 Å². The predicted molar refractivity (Wildman–Crippen MR) is 125 cm³/mol. The Kier molecular flexibility index (Phi) is 6.96. The fourth-order valence-corrected chi connectivity index (χ4v) is 3.15. The van der Waals surface area contributed by atoms with Crippen LogP contribution in [0, 0.1) is 6.92 Å². The monoisotopic (exact) mass is 403 g/mol. The Morgan fingerprint density at radius 1 is 0.900 bits per heavy atom. The van der Waals surface area contributed by atoms with Crippen molar-refractivity contribution in [2.24, 2.45) is 0 Å². The van der Waals surface area contributed by atoms with Crippen LogP contribution in [0.3, 0.4) is 0 Å². The maximum absolute atomic E-state index is 13.2. The van der Waals surface area contributed by atoms with Crippen LogP contribution in [0.25, 0.3) is 0 Å². The van der Waals surface area contributed by atoms with Gasteiger partial charge in [-0.15, -0.1) is 0 Å². The first kappa shape index (κ1) is 21.2. The summed E-state index contributed by atoms with van der Waals surface area (Å²) in [5.41, 5.74) is 4.81. The smallest absolute Gasteiger partial charge is 0.326 e. The number of amides is 2. The van der Waals surface area contributed by atoms with Crippen LogP contribution in [0.1, 0.15) is 18.1 Å². The molecule has 0 saturated heterocycles. The number of hydrogen-bond acceptors (Lipinski definition) is 3. The molecule has 5 nitrogen and oxygen atoms in total. The topological polar surface area (TPSA) is 44.8 Å². The fourth-order valence-electron chi connectivity index (χ4n) is 3.15. The minimum Gasteiger partial charge on any atom is -0.494 e. The van der Waals surface area contributed by atoms with Crippen LogP contribution < -0.4 is 19.9 Å². The first-order chi connectivity index (χ1) is 14.5. The maximum Gasteiger partial charge on any atom is 0.326 e. The molecule has 0 aliphatic rings. The van der Waals surface area contributed by atoms with E-state index in [2.05, 4.69) is 34.5 Å². The SMILES string of the molecule is CCOc1ccc(N(Cc2ccc(N(C)C)cc2)C(=O)Nc2ccccc2C)cc1. The van der Waals surface area contributed by atoms with Gasteiger partial charge in [0, 0.05) is 31.2 Å². The molecule has 0 spiro atoms. The quantitative estimate of drug-likeness (QED) is 0.550. The minimum absolute atomic E-state index is 0.176. The van der Waals surface area contributed by atoms with Crippen molar-refractivity contribution >= 4 is 23.1 Å². The summed E-state index contributed by atoms with van der Waals surface area (Å²) in [4.78, 5) is 17.0. The second kappa shape index (κ2) is 9.83. The lowest BCUT2D eigenvalue weighted by Gasteiger charge is -2.24. The number of nitrogens with one attached hydrogen (secondary N) is 1. The van der Waals surface area contributed by atoms with Gasteiger partial charge in [-0.2, -0.15) is 0 Å². The van der Waals surface area contributed by atoms with Gasteiger partial charge in [0.2, 0.25) is 0 Å². The highest BCUT2D eigenvalue weighted by Gasteiger charge is 2.17. The van der Waals surface area contributed by atoms with Crippen LogP contribution in [0.15, 0.2) is 72.8 Å². The summed E-state index contributed by atoms with van der Waals surface area (Å²) < 4.78 is 5.54. The summed E-state index contributed by atoms with van der Waals surface area (Å²) >= 11 is 0. The number of benzene rings is 3. The molecule has 30 heavy (non-hydrogen) atoms. The molecule has 0 unspecified atom stereocenters. The number of rotatable bonds is 7. The first-order valence-corrected chi connectivity index (χ1v) is 10.1. The van der Waals surface area contributed by atoms with Gasteiger partial charge in [0.15, 0.2) is 0 Å². The Hall–Kier alpha value is -3.47. The van der Waals surface area contributed by atoms with Gasteiger partial charge in [-0.05, 0) is 67.4 Å². The third-order valence-corrected chi connectivity index (χ3v) is 4.88. The second-order valence-electron chi connectivity index (χ2n) is 7.32. The normalized spacial score (nSPS) is 10.4.